The Labute approximate surface area is 115 Å². The van der Waals surface area contributed by atoms with Gasteiger partial charge in [-0.1, -0.05) is 13.0 Å². The Kier molecular flexibility index (Phi) is 3.92. The summed E-state index contributed by atoms with van der Waals surface area (Å²) in [5.41, 5.74) is 4.83. The predicted molar refractivity (Wildman–Crippen MR) is 69.7 cm³/mol. The fourth-order valence-corrected chi connectivity index (χ4v) is 2.49. The first-order chi connectivity index (χ1) is 9.29. The zero-order valence-electron chi connectivity index (χ0n) is 11.2. The maximum Gasteiger partial charge on any atom is 0.416 e. The number of anilines is 1. The number of rotatable bonds is 2. The van der Waals surface area contributed by atoms with E-state index in [1.807, 2.05) is 6.92 Å². The van der Waals surface area contributed by atoms with E-state index in [0.29, 0.717) is 6.54 Å². The van der Waals surface area contributed by atoms with Gasteiger partial charge in [-0.2, -0.15) is 13.2 Å². The van der Waals surface area contributed by atoms with Crippen molar-refractivity contribution in [3.8, 4) is 0 Å². The van der Waals surface area contributed by atoms with Crippen molar-refractivity contribution in [3.63, 3.8) is 0 Å². The molecule has 6 heteroatoms. The quantitative estimate of drug-likeness (QED) is 0.849. The summed E-state index contributed by atoms with van der Waals surface area (Å²) in [6.45, 7) is 2.30. The fourth-order valence-electron chi connectivity index (χ4n) is 2.49. The molecule has 1 heterocycles. The summed E-state index contributed by atoms with van der Waals surface area (Å²) in [5.74, 6) is -0.201. The summed E-state index contributed by atoms with van der Waals surface area (Å²) in [6, 6.07) is 3.71. The molecular weight excluding hydrogens is 269 g/mol. The number of hydrogen-bond acceptors (Lipinski definition) is 2. The van der Waals surface area contributed by atoms with Gasteiger partial charge in [0.05, 0.1) is 5.56 Å². The van der Waals surface area contributed by atoms with Crippen molar-refractivity contribution in [3.05, 3.63) is 29.3 Å². The molecular formula is C14H17F3N2O. The van der Waals surface area contributed by atoms with Crippen LogP contribution in [0.3, 0.4) is 0 Å². The van der Waals surface area contributed by atoms with Gasteiger partial charge in [-0.15, -0.1) is 0 Å². The molecule has 1 fully saturated rings. The van der Waals surface area contributed by atoms with Crippen LogP contribution in [0, 0.1) is 5.92 Å². The molecule has 0 bridgehead atoms. The minimum absolute atomic E-state index is 0.0156. The number of nitrogens with zero attached hydrogens (tertiary/aromatic N) is 1. The van der Waals surface area contributed by atoms with Crippen molar-refractivity contribution >= 4 is 11.6 Å². The zero-order chi connectivity index (χ0) is 14.9. The Morgan fingerprint density at radius 2 is 2.10 bits per heavy atom. The highest BCUT2D eigenvalue weighted by molar-refractivity contribution is 5.79. The van der Waals surface area contributed by atoms with Crippen LogP contribution in [0.2, 0.25) is 0 Å². The first-order valence-electron chi connectivity index (χ1n) is 6.53. The van der Waals surface area contributed by atoms with Crippen molar-refractivity contribution < 1.29 is 18.0 Å². The van der Waals surface area contributed by atoms with Gasteiger partial charge in [0.15, 0.2) is 0 Å². The SMILES string of the molecule is CC1CCCN(Cc2ccc(N)cc2C(F)(F)F)C1=O. The Morgan fingerprint density at radius 1 is 1.40 bits per heavy atom. The molecule has 1 aromatic rings. The molecule has 0 spiro atoms. The molecule has 1 amide bonds. The van der Waals surface area contributed by atoms with E-state index in [2.05, 4.69) is 0 Å². The first-order valence-corrected chi connectivity index (χ1v) is 6.53. The number of amides is 1. The van der Waals surface area contributed by atoms with E-state index in [1.165, 1.54) is 17.0 Å². The first kappa shape index (κ1) is 14.7. The highest BCUT2D eigenvalue weighted by atomic mass is 19.4. The number of nitrogens with two attached hydrogens (primary N) is 1. The molecule has 2 rings (SSSR count). The van der Waals surface area contributed by atoms with Gasteiger partial charge in [0.25, 0.3) is 0 Å². The molecule has 3 nitrogen and oxygen atoms in total. The van der Waals surface area contributed by atoms with E-state index < -0.39 is 11.7 Å². The molecule has 0 aromatic heterocycles. The topological polar surface area (TPSA) is 46.3 Å². The van der Waals surface area contributed by atoms with Crippen molar-refractivity contribution in [2.24, 2.45) is 5.92 Å². The lowest BCUT2D eigenvalue weighted by Crippen LogP contribution is -2.39. The summed E-state index contributed by atoms with van der Waals surface area (Å²) in [6.07, 6.45) is -2.85. The minimum Gasteiger partial charge on any atom is -0.399 e. The van der Waals surface area contributed by atoms with E-state index in [1.54, 1.807) is 0 Å². The Balaban J connectivity index is 2.27. The smallest absolute Gasteiger partial charge is 0.399 e. The monoisotopic (exact) mass is 286 g/mol. The summed E-state index contributed by atoms with van der Waals surface area (Å²) >= 11 is 0. The molecule has 1 unspecified atom stereocenters. The number of carbonyl (C=O) groups excluding carboxylic acids is 1. The van der Waals surface area contributed by atoms with Crippen molar-refractivity contribution in [2.75, 3.05) is 12.3 Å². The molecule has 20 heavy (non-hydrogen) atoms. The summed E-state index contributed by atoms with van der Waals surface area (Å²) in [7, 11) is 0. The van der Waals surface area contributed by atoms with E-state index in [-0.39, 0.29) is 29.6 Å². The molecule has 2 N–H and O–H groups in total. The van der Waals surface area contributed by atoms with Gasteiger partial charge in [0.2, 0.25) is 5.91 Å². The van der Waals surface area contributed by atoms with Crippen LogP contribution < -0.4 is 5.73 Å². The van der Waals surface area contributed by atoms with E-state index in [0.717, 1.165) is 18.9 Å². The van der Waals surface area contributed by atoms with Gasteiger partial charge < -0.3 is 10.6 Å². The number of carbonyl (C=O) groups is 1. The maximum atomic E-state index is 13.0. The van der Waals surface area contributed by atoms with E-state index in [4.69, 9.17) is 5.73 Å². The van der Waals surface area contributed by atoms with Crippen LogP contribution in [-0.2, 0) is 17.5 Å². The second kappa shape index (κ2) is 5.34. The standard InChI is InChI=1S/C14H17F3N2O/c1-9-3-2-6-19(13(9)20)8-10-4-5-11(18)7-12(10)14(15,16)17/h4-5,7,9H,2-3,6,8,18H2,1H3. The Bertz CT molecular complexity index is 514. The maximum absolute atomic E-state index is 13.0. The van der Waals surface area contributed by atoms with Crippen LogP contribution in [0.25, 0.3) is 0 Å². The molecule has 1 aromatic carbocycles. The zero-order valence-corrected chi connectivity index (χ0v) is 11.2. The van der Waals surface area contributed by atoms with Crippen LogP contribution in [0.4, 0.5) is 18.9 Å². The predicted octanol–water partition coefficient (Wildman–Crippen LogP) is 3.05. The van der Waals surface area contributed by atoms with Gasteiger partial charge in [-0.05, 0) is 30.5 Å². The van der Waals surface area contributed by atoms with Crippen LogP contribution in [-0.4, -0.2) is 17.4 Å². The van der Waals surface area contributed by atoms with Gasteiger partial charge in [-0.3, -0.25) is 4.79 Å². The number of halogens is 3. The largest absolute Gasteiger partial charge is 0.416 e. The normalized spacial score (nSPS) is 20.3. The highest BCUT2D eigenvalue weighted by Gasteiger charge is 2.35. The summed E-state index contributed by atoms with van der Waals surface area (Å²) < 4.78 is 39.0. The van der Waals surface area contributed by atoms with Gasteiger partial charge in [0, 0.05) is 24.7 Å². The van der Waals surface area contributed by atoms with E-state index >= 15 is 0 Å². The summed E-state index contributed by atoms with van der Waals surface area (Å²) in [5, 5.41) is 0. The molecule has 1 saturated heterocycles. The highest BCUT2D eigenvalue weighted by Crippen LogP contribution is 2.34. The minimum atomic E-state index is -4.46. The van der Waals surface area contributed by atoms with Crippen molar-refractivity contribution in [2.45, 2.75) is 32.5 Å². The summed E-state index contributed by atoms with van der Waals surface area (Å²) in [4.78, 5) is 13.5. The molecule has 1 aliphatic rings. The third-order valence-corrected chi connectivity index (χ3v) is 3.60. The second-order valence-corrected chi connectivity index (χ2v) is 5.22. The van der Waals surface area contributed by atoms with Crippen molar-refractivity contribution in [1.82, 2.24) is 4.90 Å². The van der Waals surface area contributed by atoms with Crippen LogP contribution in [0.5, 0.6) is 0 Å². The number of benzene rings is 1. The Morgan fingerprint density at radius 3 is 2.75 bits per heavy atom. The average molecular weight is 286 g/mol. The van der Waals surface area contributed by atoms with Gasteiger partial charge >= 0.3 is 6.18 Å². The van der Waals surface area contributed by atoms with Gasteiger partial charge in [0.1, 0.15) is 0 Å². The lowest BCUT2D eigenvalue weighted by molar-refractivity contribution is -0.142. The fraction of sp³-hybridized carbons (Fsp3) is 0.500. The average Bonchev–Trinajstić information content (AvgIpc) is 2.36. The van der Waals surface area contributed by atoms with Crippen molar-refractivity contribution in [1.29, 1.82) is 0 Å². The number of alkyl halides is 3. The Hall–Kier alpha value is -1.72. The molecule has 0 saturated carbocycles. The van der Waals surface area contributed by atoms with Gasteiger partial charge in [-0.25, -0.2) is 0 Å². The lowest BCUT2D eigenvalue weighted by Gasteiger charge is -2.31. The van der Waals surface area contributed by atoms with Crippen LogP contribution in [0.15, 0.2) is 18.2 Å². The number of piperidine rings is 1. The van der Waals surface area contributed by atoms with E-state index in [9.17, 15) is 18.0 Å². The third-order valence-electron chi connectivity index (χ3n) is 3.60. The molecule has 0 radical (unpaired) electrons. The second-order valence-electron chi connectivity index (χ2n) is 5.22. The van der Waals surface area contributed by atoms with Crippen LogP contribution in [0.1, 0.15) is 30.9 Å². The third kappa shape index (κ3) is 3.05. The molecule has 0 aliphatic carbocycles. The number of hydrogen-bond donors (Lipinski definition) is 1. The number of nitrogen functional groups attached to an aromatic ring is 1. The molecule has 1 aliphatic heterocycles. The number of likely N-dealkylation sites (tertiary alicyclic amines) is 1. The van der Waals surface area contributed by atoms with Crippen LogP contribution >= 0.6 is 0 Å². The lowest BCUT2D eigenvalue weighted by atomic mass is 9.97. The molecule has 110 valence electrons. The molecule has 1 atom stereocenters.